The maximum Gasteiger partial charge on any atom is 0.573 e. The van der Waals surface area contributed by atoms with Crippen LogP contribution in [0.5, 0.6) is 5.75 Å². The molecule has 0 bridgehead atoms. The number of aromatic nitrogens is 2. The van der Waals surface area contributed by atoms with Crippen LogP contribution in [0.15, 0.2) is 47.3 Å². The fourth-order valence-corrected chi connectivity index (χ4v) is 3.09. The molecule has 2 aromatic carbocycles. The van der Waals surface area contributed by atoms with Crippen molar-refractivity contribution in [1.82, 2.24) is 14.9 Å². The lowest BCUT2D eigenvalue weighted by molar-refractivity contribution is -0.274. The molecule has 10 heteroatoms. The highest BCUT2D eigenvalue weighted by atomic mass is 35.5. The predicted octanol–water partition coefficient (Wildman–Crippen LogP) is 4.53. The number of nitrogens with zero attached hydrogens (tertiary/aromatic N) is 2. The van der Waals surface area contributed by atoms with Crippen molar-refractivity contribution in [3.8, 4) is 5.75 Å². The van der Waals surface area contributed by atoms with Gasteiger partial charge in [0.2, 0.25) is 0 Å². The summed E-state index contributed by atoms with van der Waals surface area (Å²) in [7, 11) is 0. The number of carbonyl (C=O) groups is 1. The molecule has 0 aliphatic rings. The third-order valence-corrected chi connectivity index (χ3v) is 4.41. The molecule has 3 aromatic rings. The number of carbonyl (C=O) groups excluding carboxylic acids is 1. The molecule has 0 fully saturated rings. The fraction of sp³-hybridized carbons (Fsp3) is 0.250. The highest BCUT2D eigenvalue weighted by Gasteiger charge is 2.31. The molecule has 1 heterocycles. The van der Waals surface area contributed by atoms with E-state index in [0.29, 0.717) is 28.9 Å². The summed E-state index contributed by atoms with van der Waals surface area (Å²) in [5.41, 5.74) is 0.229. The molecule has 1 amide bonds. The fourth-order valence-electron chi connectivity index (χ4n) is 2.92. The normalized spacial score (nSPS) is 11.5. The molecule has 0 radical (unpaired) electrons. The molecule has 1 N–H and O–H groups in total. The van der Waals surface area contributed by atoms with Crippen LogP contribution in [-0.4, -0.2) is 33.7 Å². The van der Waals surface area contributed by atoms with Crippen molar-refractivity contribution < 1.29 is 22.7 Å². The number of hydrogen-bond donors (Lipinski definition) is 1. The van der Waals surface area contributed by atoms with Crippen molar-refractivity contribution in [2.45, 2.75) is 26.3 Å². The second-order valence-corrected chi connectivity index (χ2v) is 6.91. The molecule has 0 unspecified atom stereocenters. The summed E-state index contributed by atoms with van der Waals surface area (Å²) in [4.78, 5) is 33.6. The lowest BCUT2D eigenvalue weighted by atomic mass is 10.2. The standard InChI is InChI=1S/C20H17ClF3N3O3/c1-2-9-27(19(29)12-3-6-14(7-4-12)30-20(22,23)24)11-17-25-16-10-13(21)5-8-15(16)18(28)26-17/h3-8,10H,2,9,11H2,1H3,(H,25,26,28). The van der Waals surface area contributed by atoms with E-state index >= 15 is 0 Å². The van der Waals surface area contributed by atoms with Crippen LogP contribution in [0.4, 0.5) is 13.2 Å². The molecule has 0 atom stereocenters. The summed E-state index contributed by atoms with van der Waals surface area (Å²) in [5, 5.41) is 0.797. The number of benzene rings is 2. The van der Waals surface area contributed by atoms with E-state index in [1.54, 1.807) is 18.2 Å². The summed E-state index contributed by atoms with van der Waals surface area (Å²) in [6, 6.07) is 9.35. The monoisotopic (exact) mass is 439 g/mol. The van der Waals surface area contributed by atoms with Gasteiger partial charge in [0.05, 0.1) is 17.4 Å². The molecule has 6 nitrogen and oxygen atoms in total. The number of hydrogen-bond acceptors (Lipinski definition) is 4. The van der Waals surface area contributed by atoms with Gasteiger partial charge >= 0.3 is 6.36 Å². The van der Waals surface area contributed by atoms with Crippen LogP contribution in [0, 0.1) is 0 Å². The van der Waals surface area contributed by atoms with E-state index < -0.39 is 18.0 Å². The van der Waals surface area contributed by atoms with Crippen LogP contribution >= 0.6 is 11.6 Å². The summed E-state index contributed by atoms with van der Waals surface area (Å²) in [6.07, 6.45) is -4.18. The van der Waals surface area contributed by atoms with Gasteiger partial charge in [0.15, 0.2) is 0 Å². The van der Waals surface area contributed by atoms with Crippen LogP contribution in [0.2, 0.25) is 5.02 Å². The summed E-state index contributed by atoms with van der Waals surface area (Å²) in [6.45, 7) is 2.25. The van der Waals surface area contributed by atoms with Crippen LogP contribution in [0.25, 0.3) is 10.9 Å². The number of aromatic amines is 1. The van der Waals surface area contributed by atoms with Crippen LogP contribution in [-0.2, 0) is 6.54 Å². The molecule has 30 heavy (non-hydrogen) atoms. The highest BCUT2D eigenvalue weighted by molar-refractivity contribution is 6.31. The van der Waals surface area contributed by atoms with Gasteiger partial charge in [-0.1, -0.05) is 18.5 Å². The number of rotatable bonds is 6. The Balaban J connectivity index is 1.84. The van der Waals surface area contributed by atoms with Crippen molar-refractivity contribution in [3.05, 3.63) is 69.2 Å². The Morgan fingerprint density at radius 3 is 2.53 bits per heavy atom. The average Bonchev–Trinajstić information content (AvgIpc) is 2.66. The topological polar surface area (TPSA) is 75.3 Å². The molecule has 0 aliphatic carbocycles. The quantitative estimate of drug-likeness (QED) is 0.612. The van der Waals surface area contributed by atoms with Gasteiger partial charge in [-0.15, -0.1) is 13.2 Å². The molecule has 0 spiro atoms. The van der Waals surface area contributed by atoms with Gasteiger partial charge in [-0.25, -0.2) is 4.98 Å². The zero-order valence-electron chi connectivity index (χ0n) is 15.8. The predicted molar refractivity (Wildman–Crippen MR) is 106 cm³/mol. The van der Waals surface area contributed by atoms with Crippen LogP contribution in [0.1, 0.15) is 29.5 Å². The minimum Gasteiger partial charge on any atom is -0.406 e. The summed E-state index contributed by atoms with van der Waals surface area (Å²) in [5.74, 6) is -0.559. The Bertz CT molecular complexity index is 1110. The lowest BCUT2D eigenvalue weighted by Crippen LogP contribution is -2.32. The highest BCUT2D eigenvalue weighted by Crippen LogP contribution is 2.23. The number of fused-ring (bicyclic) bond motifs is 1. The molecule has 0 aliphatic heterocycles. The first-order chi connectivity index (χ1) is 14.2. The Labute approximate surface area is 174 Å². The summed E-state index contributed by atoms with van der Waals surface area (Å²) >= 11 is 5.96. The van der Waals surface area contributed by atoms with Crippen molar-refractivity contribution in [3.63, 3.8) is 0 Å². The van der Waals surface area contributed by atoms with E-state index in [4.69, 9.17) is 11.6 Å². The molecule has 3 rings (SSSR count). The van der Waals surface area contributed by atoms with Crippen molar-refractivity contribution >= 4 is 28.4 Å². The molecular formula is C20H17ClF3N3O3. The third-order valence-electron chi connectivity index (χ3n) is 4.17. The minimum absolute atomic E-state index is 0.0190. The first-order valence-corrected chi connectivity index (χ1v) is 9.37. The van der Waals surface area contributed by atoms with E-state index in [2.05, 4.69) is 14.7 Å². The Kier molecular flexibility index (Phi) is 6.31. The summed E-state index contributed by atoms with van der Waals surface area (Å²) < 4.78 is 40.7. The van der Waals surface area contributed by atoms with E-state index in [0.717, 1.165) is 12.1 Å². The maximum absolute atomic E-state index is 12.9. The number of amides is 1. The van der Waals surface area contributed by atoms with E-state index in [1.165, 1.54) is 17.0 Å². The van der Waals surface area contributed by atoms with E-state index in [9.17, 15) is 22.8 Å². The van der Waals surface area contributed by atoms with Gasteiger partial charge in [-0.3, -0.25) is 9.59 Å². The Hall–Kier alpha value is -3.07. The molecule has 0 saturated heterocycles. The Morgan fingerprint density at radius 1 is 1.20 bits per heavy atom. The first-order valence-electron chi connectivity index (χ1n) is 9.00. The van der Waals surface area contributed by atoms with Gasteiger partial charge in [0.1, 0.15) is 11.6 Å². The zero-order chi connectivity index (χ0) is 21.9. The number of nitrogens with one attached hydrogen (secondary N) is 1. The molecule has 1 aromatic heterocycles. The lowest BCUT2D eigenvalue weighted by Gasteiger charge is -2.22. The molecule has 158 valence electrons. The third kappa shape index (κ3) is 5.29. The van der Waals surface area contributed by atoms with Crippen LogP contribution in [0.3, 0.4) is 0 Å². The van der Waals surface area contributed by atoms with Crippen molar-refractivity contribution in [1.29, 1.82) is 0 Å². The largest absolute Gasteiger partial charge is 0.573 e. The molecular weight excluding hydrogens is 423 g/mol. The van der Waals surface area contributed by atoms with E-state index in [1.807, 2.05) is 6.92 Å². The zero-order valence-corrected chi connectivity index (χ0v) is 16.5. The Morgan fingerprint density at radius 2 is 1.90 bits per heavy atom. The van der Waals surface area contributed by atoms with Gasteiger partial charge in [0.25, 0.3) is 11.5 Å². The number of alkyl halides is 3. The first kappa shape index (κ1) is 21.6. The van der Waals surface area contributed by atoms with Crippen LogP contribution < -0.4 is 10.3 Å². The second-order valence-electron chi connectivity index (χ2n) is 6.47. The van der Waals surface area contributed by atoms with Gasteiger partial charge < -0.3 is 14.6 Å². The smallest absolute Gasteiger partial charge is 0.406 e. The average molecular weight is 440 g/mol. The number of halogens is 4. The number of ether oxygens (including phenoxy) is 1. The van der Waals surface area contributed by atoms with Crippen molar-refractivity contribution in [2.24, 2.45) is 0 Å². The van der Waals surface area contributed by atoms with Gasteiger partial charge in [0, 0.05) is 17.1 Å². The second kappa shape index (κ2) is 8.74. The SMILES string of the molecule is CCCN(Cc1nc2cc(Cl)ccc2c(=O)[nH]1)C(=O)c1ccc(OC(F)(F)F)cc1. The maximum atomic E-state index is 12.9. The van der Waals surface area contributed by atoms with E-state index in [-0.39, 0.29) is 23.5 Å². The minimum atomic E-state index is -4.81. The molecule has 0 saturated carbocycles. The van der Waals surface area contributed by atoms with Gasteiger partial charge in [-0.05, 0) is 48.9 Å². The van der Waals surface area contributed by atoms with Gasteiger partial charge in [-0.2, -0.15) is 0 Å². The number of H-pyrrole nitrogens is 1. The van der Waals surface area contributed by atoms with Crippen molar-refractivity contribution in [2.75, 3.05) is 6.54 Å².